The van der Waals surface area contributed by atoms with Crippen LogP contribution in [0.1, 0.15) is 25.7 Å². The van der Waals surface area contributed by atoms with Crippen LogP contribution in [0.3, 0.4) is 0 Å². The highest BCUT2D eigenvalue weighted by molar-refractivity contribution is 6.63. The van der Waals surface area contributed by atoms with E-state index < -0.39 is 0 Å². The van der Waals surface area contributed by atoms with Crippen molar-refractivity contribution in [2.75, 3.05) is 7.11 Å². The number of carbonyl (C=O) groups is 2. The minimum atomic E-state index is -0.275. The van der Waals surface area contributed by atoms with E-state index in [0.717, 1.165) is 12.8 Å². The summed E-state index contributed by atoms with van der Waals surface area (Å²) in [7, 11) is 1.39. The molecule has 0 saturated heterocycles. The first-order valence-corrected chi connectivity index (χ1v) is 4.80. The Bertz CT molecular complexity index is 207. The van der Waals surface area contributed by atoms with Gasteiger partial charge < -0.3 is 4.74 Å². The molecular formula is C9H13ClO3. The molecule has 0 unspecified atom stereocenters. The van der Waals surface area contributed by atoms with Crippen LogP contribution in [0.4, 0.5) is 0 Å². The van der Waals surface area contributed by atoms with Crippen molar-refractivity contribution in [3.8, 4) is 0 Å². The van der Waals surface area contributed by atoms with Gasteiger partial charge in [0.25, 0.3) is 0 Å². The third kappa shape index (κ3) is 2.69. The maximum absolute atomic E-state index is 11.1. The second-order valence-corrected chi connectivity index (χ2v) is 3.75. The van der Waals surface area contributed by atoms with Crippen molar-refractivity contribution in [1.82, 2.24) is 0 Å². The molecule has 3 nitrogen and oxygen atoms in total. The summed E-state index contributed by atoms with van der Waals surface area (Å²) in [5.41, 5.74) is 0. The topological polar surface area (TPSA) is 43.4 Å². The van der Waals surface area contributed by atoms with E-state index in [4.69, 9.17) is 11.6 Å². The van der Waals surface area contributed by atoms with E-state index >= 15 is 0 Å². The number of carbonyl (C=O) groups excluding carboxylic acids is 2. The Morgan fingerprint density at radius 2 is 1.62 bits per heavy atom. The molecule has 1 rings (SSSR count). The molecule has 74 valence electrons. The molecular weight excluding hydrogens is 192 g/mol. The van der Waals surface area contributed by atoms with Crippen LogP contribution in [0.15, 0.2) is 0 Å². The summed E-state index contributed by atoms with van der Waals surface area (Å²) < 4.78 is 4.63. The van der Waals surface area contributed by atoms with Gasteiger partial charge in [0.15, 0.2) is 0 Å². The number of halogens is 1. The number of hydrogen-bond donors (Lipinski definition) is 0. The molecule has 0 aliphatic heterocycles. The quantitative estimate of drug-likeness (QED) is 0.508. The van der Waals surface area contributed by atoms with Gasteiger partial charge in [-0.05, 0) is 37.3 Å². The summed E-state index contributed by atoms with van der Waals surface area (Å²) in [6.45, 7) is 0. The molecule has 1 aliphatic rings. The molecule has 0 radical (unpaired) electrons. The molecule has 0 N–H and O–H groups in total. The van der Waals surface area contributed by atoms with Crippen LogP contribution in [0.25, 0.3) is 0 Å². The minimum absolute atomic E-state index is 0.0303. The van der Waals surface area contributed by atoms with E-state index in [9.17, 15) is 9.59 Å². The highest BCUT2D eigenvalue weighted by Crippen LogP contribution is 2.30. The van der Waals surface area contributed by atoms with Crippen molar-refractivity contribution >= 4 is 22.8 Å². The van der Waals surface area contributed by atoms with Gasteiger partial charge in [0.2, 0.25) is 5.24 Å². The predicted molar refractivity (Wildman–Crippen MR) is 48.3 cm³/mol. The summed E-state index contributed by atoms with van der Waals surface area (Å²) in [6, 6.07) is 0. The van der Waals surface area contributed by atoms with Crippen LogP contribution >= 0.6 is 11.6 Å². The van der Waals surface area contributed by atoms with E-state index in [1.54, 1.807) is 0 Å². The number of ether oxygens (including phenoxy) is 1. The summed E-state index contributed by atoms with van der Waals surface area (Å²) in [5.74, 6) is -0.250. The Morgan fingerprint density at radius 3 is 2.00 bits per heavy atom. The van der Waals surface area contributed by atoms with Crippen LogP contribution in [0, 0.1) is 11.8 Å². The zero-order valence-corrected chi connectivity index (χ0v) is 8.34. The van der Waals surface area contributed by atoms with Gasteiger partial charge in [0, 0.05) is 5.92 Å². The van der Waals surface area contributed by atoms with Crippen molar-refractivity contribution in [3.05, 3.63) is 0 Å². The first kappa shape index (κ1) is 10.5. The Kier molecular flexibility index (Phi) is 3.72. The molecule has 1 saturated carbocycles. The molecule has 0 aromatic rings. The number of esters is 1. The van der Waals surface area contributed by atoms with Gasteiger partial charge >= 0.3 is 5.97 Å². The molecule has 0 amide bonds. The Morgan fingerprint density at radius 1 is 1.15 bits per heavy atom. The van der Waals surface area contributed by atoms with Crippen LogP contribution < -0.4 is 0 Å². The van der Waals surface area contributed by atoms with Gasteiger partial charge in [-0.1, -0.05) is 0 Å². The van der Waals surface area contributed by atoms with E-state index in [0.29, 0.717) is 12.8 Å². The monoisotopic (exact) mass is 204 g/mol. The fourth-order valence-electron chi connectivity index (χ4n) is 1.72. The summed E-state index contributed by atoms with van der Waals surface area (Å²) in [4.78, 5) is 21.9. The lowest BCUT2D eigenvalue weighted by molar-refractivity contribution is -0.147. The lowest BCUT2D eigenvalue weighted by atomic mass is 9.83. The molecule has 0 aromatic carbocycles. The maximum atomic E-state index is 11.1. The third-order valence-electron chi connectivity index (χ3n) is 2.58. The van der Waals surface area contributed by atoms with Crippen LogP contribution in [-0.4, -0.2) is 18.3 Å². The van der Waals surface area contributed by atoms with E-state index in [1.807, 2.05) is 0 Å². The van der Waals surface area contributed by atoms with Gasteiger partial charge in [-0.25, -0.2) is 0 Å². The van der Waals surface area contributed by atoms with Crippen molar-refractivity contribution < 1.29 is 14.3 Å². The fourth-order valence-corrected chi connectivity index (χ4v) is 1.94. The normalized spacial score (nSPS) is 28.2. The second-order valence-electron chi connectivity index (χ2n) is 3.38. The van der Waals surface area contributed by atoms with Crippen molar-refractivity contribution in [2.45, 2.75) is 25.7 Å². The Balaban J connectivity index is 2.39. The number of rotatable bonds is 2. The van der Waals surface area contributed by atoms with E-state index in [-0.39, 0.29) is 23.0 Å². The molecule has 0 aromatic heterocycles. The predicted octanol–water partition coefficient (Wildman–Crippen LogP) is 1.73. The highest BCUT2D eigenvalue weighted by Gasteiger charge is 2.29. The van der Waals surface area contributed by atoms with Crippen LogP contribution in [-0.2, 0) is 14.3 Å². The average Bonchev–Trinajstić information content (AvgIpc) is 2.17. The lowest BCUT2D eigenvalue weighted by Gasteiger charge is -2.24. The van der Waals surface area contributed by atoms with E-state index in [2.05, 4.69) is 4.74 Å². The molecule has 1 aliphatic carbocycles. The summed E-state index contributed by atoms with van der Waals surface area (Å²) in [6.07, 6.45) is 2.86. The van der Waals surface area contributed by atoms with Gasteiger partial charge in [-0.2, -0.15) is 0 Å². The Labute approximate surface area is 82.4 Å². The average molecular weight is 205 g/mol. The van der Waals surface area contributed by atoms with Crippen molar-refractivity contribution in [2.24, 2.45) is 11.8 Å². The summed E-state index contributed by atoms with van der Waals surface area (Å²) >= 11 is 5.36. The van der Waals surface area contributed by atoms with Crippen LogP contribution in [0.5, 0.6) is 0 Å². The molecule has 0 spiro atoms. The maximum Gasteiger partial charge on any atom is 0.308 e. The molecule has 4 heteroatoms. The molecule has 0 heterocycles. The third-order valence-corrected chi connectivity index (χ3v) is 2.89. The summed E-state index contributed by atoms with van der Waals surface area (Å²) in [5, 5.41) is -0.275. The standard InChI is InChI=1S/C9H13ClO3/c1-13-9(12)7-4-2-6(3-5-7)8(10)11/h6-7H,2-5H2,1H3. The zero-order valence-electron chi connectivity index (χ0n) is 7.59. The SMILES string of the molecule is COC(=O)C1CCC(C(=O)Cl)CC1. The molecule has 1 fully saturated rings. The van der Waals surface area contributed by atoms with E-state index in [1.165, 1.54) is 7.11 Å². The lowest BCUT2D eigenvalue weighted by Crippen LogP contribution is -2.24. The number of methoxy groups -OCH3 is 1. The largest absolute Gasteiger partial charge is 0.469 e. The molecule has 0 atom stereocenters. The zero-order chi connectivity index (χ0) is 9.84. The minimum Gasteiger partial charge on any atom is -0.469 e. The van der Waals surface area contributed by atoms with Gasteiger partial charge in [0.05, 0.1) is 13.0 Å². The first-order valence-electron chi connectivity index (χ1n) is 4.42. The van der Waals surface area contributed by atoms with Crippen molar-refractivity contribution in [1.29, 1.82) is 0 Å². The highest BCUT2D eigenvalue weighted by atomic mass is 35.5. The van der Waals surface area contributed by atoms with Crippen LogP contribution in [0.2, 0.25) is 0 Å². The second kappa shape index (κ2) is 4.61. The fraction of sp³-hybridized carbons (Fsp3) is 0.778. The number of hydrogen-bond acceptors (Lipinski definition) is 3. The van der Waals surface area contributed by atoms with Gasteiger partial charge in [-0.3, -0.25) is 9.59 Å². The van der Waals surface area contributed by atoms with Gasteiger partial charge in [-0.15, -0.1) is 0 Å². The smallest absolute Gasteiger partial charge is 0.308 e. The molecule has 0 bridgehead atoms. The van der Waals surface area contributed by atoms with Crippen molar-refractivity contribution in [3.63, 3.8) is 0 Å². The Hall–Kier alpha value is -0.570. The molecule has 13 heavy (non-hydrogen) atoms. The first-order chi connectivity index (χ1) is 6.15. The van der Waals surface area contributed by atoms with Gasteiger partial charge in [0.1, 0.15) is 0 Å².